The van der Waals surface area contributed by atoms with E-state index in [2.05, 4.69) is 0 Å². The van der Waals surface area contributed by atoms with Gasteiger partial charge in [-0.1, -0.05) is 11.6 Å². The quantitative estimate of drug-likeness (QED) is 0.373. The molecule has 0 radical (unpaired) electrons. The lowest BCUT2D eigenvalue weighted by Crippen LogP contribution is -2.01. The smallest absolute Gasteiger partial charge is 0.299 e. The van der Waals surface area contributed by atoms with Gasteiger partial charge in [-0.3, -0.25) is 4.55 Å². The summed E-state index contributed by atoms with van der Waals surface area (Å²) in [7, 11) is -4.55. The minimum absolute atomic E-state index is 0.169. The van der Waals surface area contributed by atoms with Crippen LogP contribution >= 0.6 is 11.6 Å². The number of nitrogen functional groups attached to an aromatic ring is 1. The molecule has 0 amide bonds. The Morgan fingerprint density at radius 1 is 1.38 bits per heavy atom. The fourth-order valence-corrected chi connectivity index (χ4v) is 1.93. The molecule has 4 N–H and O–H groups in total. The second-order valence-electron chi connectivity index (χ2n) is 2.29. The average molecular weight is 224 g/mol. The molecule has 0 aliphatic heterocycles. The number of halogens is 1. The lowest BCUT2D eigenvalue weighted by atomic mass is 10.3. The molecule has 1 rings (SSSR count). The number of hydrogen-bond acceptors (Lipinski definition) is 4. The third-order valence-electron chi connectivity index (χ3n) is 1.37. The summed E-state index contributed by atoms with van der Waals surface area (Å²) in [5.41, 5.74) is 5.03. The molecular weight excluding hydrogens is 218 g/mol. The molecule has 0 saturated heterocycles. The summed E-state index contributed by atoms with van der Waals surface area (Å²) in [5, 5.41) is 8.88. The Kier molecular flexibility index (Phi) is 2.38. The van der Waals surface area contributed by atoms with Gasteiger partial charge in [0.15, 0.2) is 10.6 Å². The van der Waals surface area contributed by atoms with E-state index in [1.54, 1.807) is 0 Å². The van der Waals surface area contributed by atoms with E-state index >= 15 is 0 Å². The molecule has 5 nitrogen and oxygen atoms in total. The van der Waals surface area contributed by atoms with Crippen LogP contribution in [0.2, 0.25) is 5.02 Å². The molecule has 13 heavy (non-hydrogen) atoms. The molecule has 0 aromatic heterocycles. The predicted molar refractivity (Wildman–Crippen MR) is 47.3 cm³/mol. The first-order chi connectivity index (χ1) is 5.84. The van der Waals surface area contributed by atoms with Gasteiger partial charge in [0.05, 0.1) is 10.7 Å². The highest BCUT2D eigenvalue weighted by atomic mass is 35.5. The second-order valence-corrected chi connectivity index (χ2v) is 4.05. The zero-order valence-electron chi connectivity index (χ0n) is 6.23. The van der Waals surface area contributed by atoms with Crippen LogP contribution in [0.15, 0.2) is 17.0 Å². The molecule has 0 spiro atoms. The minimum Gasteiger partial charge on any atom is -0.504 e. The lowest BCUT2D eigenvalue weighted by molar-refractivity contribution is 0.445. The SMILES string of the molecule is Nc1ccc(Cl)c(S(=O)(=O)O)c1O. The third kappa shape index (κ3) is 1.85. The fourth-order valence-electron chi connectivity index (χ4n) is 0.807. The number of benzene rings is 1. The summed E-state index contributed by atoms with van der Waals surface area (Å²) in [5.74, 6) is -0.741. The summed E-state index contributed by atoms with van der Waals surface area (Å²) in [4.78, 5) is -0.769. The van der Waals surface area contributed by atoms with Crippen molar-refractivity contribution in [3.05, 3.63) is 17.2 Å². The van der Waals surface area contributed by atoms with Gasteiger partial charge in [-0.05, 0) is 12.1 Å². The van der Waals surface area contributed by atoms with Crippen molar-refractivity contribution in [2.45, 2.75) is 4.90 Å². The molecule has 1 aromatic rings. The summed E-state index contributed by atoms with van der Waals surface area (Å²) < 4.78 is 30.0. The monoisotopic (exact) mass is 223 g/mol. The van der Waals surface area contributed by atoms with Crippen molar-refractivity contribution in [3.8, 4) is 5.75 Å². The summed E-state index contributed by atoms with van der Waals surface area (Å²) in [6, 6.07) is 2.39. The highest BCUT2D eigenvalue weighted by molar-refractivity contribution is 7.86. The average Bonchev–Trinajstić information content (AvgIpc) is 1.95. The summed E-state index contributed by atoms with van der Waals surface area (Å²) in [6.45, 7) is 0. The molecule has 0 atom stereocenters. The minimum atomic E-state index is -4.55. The van der Waals surface area contributed by atoms with Crippen LogP contribution in [0.25, 0.3) is 0 Å². The highest BCUT2D eigenvalue weighted by Crippen LogP contribution is 2.34. The predicted octanol–water partition coefficient (Wildman–Crippen LogP) is 0.875. The van der Waals surface area contributed by atoms with E-state index in [9.17, 15) is 8.42 Å². The molecule has 0 aliphatic carbocycles. The Morgan fingerprint density at radius 2 is 1.92 bits per heavy atom. The van der Waals surface area contributed by atoms with Crippen molar-refractivity contribution in [1.82, 2.24) is 0 Å². The van der Waals surface area contributed by atoms with Crippen molar-refractivity contribution in [2.75, 3.05) is 5.73 Å². The number of phenolic OH excluding ortho intramolecular Hbond substituents is 1. The number of hydrogen-bond donors (Lipinski definition) is 3. The molecule has 72 valence electrons. The molecule has 7 heteroatoms. The largest absolute Gasteiger partial charge is 0.504 e. The van der Waals surface area contributed by atoms with Crippen LogP contribution in [0, 0.1) is 0 Å². The Morgan fingerprint density at radius 3 is 2.31 bits per heavy atom. The number of phenols is 1. The van der Waals surface area contributed by atoms with Gasteiger partial charge in [0.1, 0.15) is 0 Å². The van der Waals surface area contributed by atoms with Crippen LogP contribution < -0.4 is 5.73 Å². The number of rotatable bonds is 1. The molecule has 0 fully saturated rings. The van der Waals surface area contributed by atoms with Crippen molar-refractivity contribution < 1.29 is 18.1 Å². The molecular formula is C6H6ClNO4S. The maximum atomic E-state index is 10.7. The second kappa shape index (κ2) is 3.06. The van der Waals surface area contributed by atoms with Gasteiger partial charge < -0.3 is 10.8 Å². The number of anilines is 1. The van der Waals surface area contributed by atoms with Crippen molar-refractivity contribution in [3.63, 3.8) is 0 Å². The van der Waals surface area contributed by atoms with Crippen LogP contribution in [0.5, 0.6) is 5.75 Å². The van der Waals surface area contributed by atoms with Gasteiger partial charge in [0.25, 0.3) is 10.1 Å². The fraction of sp³-hybridized carbons (Fsp3) is 0. The normalized spacial score (nSPS) is 11.5. The van der Waals surface area contributed by atoms with E-state index in [0.717, 1.165) is 0 Å². The Bertz CT molecular complexity index is 442. The Labute approximate surface area is 79.5 Å². The summed E-state index contributed by atoms with van der Waals surface area (Å²) in [6.07, 6.45) is 0. The van der Waals surface area contributed by atoms with Gasteiger partial charge in [0.2, 0.25) is 0 Å². The Hall–Kier alpha value is -0.980. The van der Waals surface area contributed by atoms with E-state index in [4.69, 9.17) is 27.0 Å². The Balaban J connectivity index is 3.62. The van der Waals surface area contributed by atoms with Crippen LogP contribution in [0.3, 0.4) is 0 Å². The van der Waals surface area contributed by atoms with Gasteiger partial charge in [-0.25, -0.2) is 0 Å². The maximum Gasteiger partial charge on any atom is 0.299 e. The molecule has 1 aromatic carbocycles. The van der Waals surface area contributed by atoms with Gasteiger partial charge in [0, 0.05) is 0 Å². The van der Waals surface area contributed by atoms with Crippen LogP contribution in [0.1, 0.15) is 0 Å². The van der Waals surface area contributed by atoms with Crippen LogP contribution in [0.4, 0.5) is 5.69 Å². The summed E-state index contributed by atoms with van der Waals surface area (Å²) >= 11 is 5.43. The standard InChI is InChI=1S/C6H6ClNO4S/c7-3-1-2-4(8)5(9)6(3)13(10,11)12/h1-2,9H,8H2,(H,10,11,12). The van der Waals surface area contributed by atoms with Gasteiger partial charge >= 0.3 is 0 Å². The highest BCUT2D eigenvalue weighted by Gasteiger charge is 2.21. The molecule has 0 aliphatic rings. The first kappa shape index (κ1) is 10.1. The maximum absolute atomic E-state index is 10.7. The first-order valence-corrected chi connectivity index (χ1v) is 4.90. The number of nitrogens with two attached hydrogens (primary N) is 1. The zero-order valence-corrected chi connectivity index (χ0v) is 7.80. The topological polar surface area (TPSA) is 101 Å². The number of aromatic hydroxyl groups is 1. The van der Waals surface area contributed by atoms with E-state index in [0.29, 0.717) is 0 Å². The van der Waals surface area contributed by atoms with Crippen molar-refractivity contribution in [2.24, 2.45) is 0 Å². The third-order valence-corrected chi connectivity index (χ3v) is 2.73. The molecule has 0 unspecified atom stereocenters. The first-order valence-electron chi connectivity index (χ1n) is 3.08. The van der Waals surface area contributed by atoms with E-state index in [1.165, 1.54) is 12.1 Å². The zero-order chi connectivity index (χ0) is 10.2. The van der Waals surface area contributed by atoms with Crippen molar-refractivity contribution in [1.29, 1.82) is 0 Å². The van der Waals surface area contributed by atoms with E-state index in [1.807, 2.05) is 0 Å². The van der Waals surface area contributed by atoms with Crippen molar-refractivity contribution >= 4 is 27.4 Å². The van der Waals surface area contributed by atoms with Crippen LogP contribution in [-0.4, -0.2) is 18.1 Å². The van der Waals surface area contributed by atoms with Gasteiger partial charge in [-0.15, -0.1) is 0 Å². The van der Waals surface area contributed by atoms with E-state index in [-0.39, 0.29) is 10.7 Å². The molecule has 0 bridgehead atoms. The molecule has 0 saturated carbocycles. The lowest BCUT2D eigenvalue weighted by Gasteiger charge is -2.05. The van der Waals surface area contributed by atoms with Crippen LogP contribution in [-0.2, 0) is 10.1 Å². The molecule has 0 heterocycles. The van der Waals surface area contributed by atoms with Gasteiger partial charge in [-0.2, -0.15) is 8.42 Å². The van der Waals surface area contributed by atoms with E-state index < -0.39 is 20.8 Å².